The number of nitrogens with one attached hydrogen (secondary N) is 1. The van der Waals surface area contributed by atoms with Crippen LogP contribution in [-0.4, -0.2) is 13.1 Å². The SMILES string of the molecule is C#CCCCNCCCCC. The third kappa shape index (κ3) is 9.52. The molecule has 0 spiro atoms. The Morgan fingerprint density at radius 1 is 1.18 bits per heavy atom. The van der Waals surface area contributed by atoms with Gasteiger partial charge in [-0.25, -0.2) is 0 Å². The largest absolute Gasteiger partial charge is 0.317 e. The number of terminal acetylenes is 1. The summed E-state index contributed by atoms with van der Waals surface area (Å²) in [6.07, 6.45) is 11.1. The van der Waals surface area contributed by atoms with Gasteiger partial charge in [0.05, 0.1) is 0 Å². The van der Waals surface area contributed by atoms with Crippen LogP contribution in [0.15, 0.2) is 0 Å². The highest BCUT2D eigenvalue weighted by Crippen LogP contribution is 1.91. The van der Waals surface area contributed by atoms with E-state index in [1.165, 1.54) is 19.3 Å². The summed E-state index contributed by atoms with van der Waals surface area (Å²) < 4.78 is 0. The maximum absolute atomic E-state index is 5.11. The Bertz CT molecular complexity index is 102. The molecule has 11 heavy (non-hydrogen) atoms. The van der Waals surface area contributed by atoms with Crippen LogP contribution in [0.2, 0.25) is 0 Å². The Morgan fingerprint density at radius 2 is 1.91 bits per heavy atom. The molecule has 0 aliphatic rings. The van der Waals surface area contributed by atoms with E-state index in [0.29, 0.717) is 0 Å². The molecule has 64 valence electrons. The van der Waals surface area contributed by atoms with Gasteiger partial charge in [0, 0.05) is 6.42 Å². The standard InChI is InChI=1S/C10H19N/c1-3-5-7-9-11-10-8-6-4-2/h1,11H,4-10H2,2H3. The molecule has 0 saturated carbocycles. The van der Waals surface area contributed by atoms with Gasteiger partial charge in [0.25, 0.3) is 0 Å². The fourth-order valence-corrected chi connectivity index (χ4v) is 0.940. The lowest BCUT2D eigenvalue weighted by Gasteiger charge is -2.01. The summed E-state index contributed by atoms with van der Waals surface area (Å²) in [5.74, 6) is 2.63. The Morgan fingerprint density at radius 3 is 2.55 bits per heavy atom. The van der Waals surface area contributed by atoms with Crippen LogP contribution in [0.25, 0.3) is 0 Å². The van der Waals surface area contributed by atoms with Gasteiger partial charge < -0.3 is 5.32 Å². The van der Waals surface area contributed by atoms with Crippen LogP contribution in [0.1, 0.15) is 39.0 Å². The van der Waals surface area contributed by atoms with Gasteiger partial charge in [-0.15, -0.1) is 12.3 Å². The van der Waals surface area contributed by atoms with Crippen LogP contribution in [0.5, 0.6) is 0 Å². The van der Waals surface area contributed by atoms with E-state index < -0.39 is 0 Å². The van der Waals surface area contributed by atoms with E-state index in [1.807, 2.05) is 0 Å². The molecule has 0 aromatic rings. The van der Waals surface area contributed by atoms with Crippen LogP contribution in [0.4, 0.5) is 0 Å². The van der Waals surface area contributed by atoms with Crippen molar-refractivity contribution in [2.45, 2.75) is 39.0 Å². The molecule has 0 heterocycles. The Hall–Kier alpha value is -0.480. The zero-order valence-electron chi connectivity index (χ0n) is 7.53. The summed E-state index contributed by atoms with van der Waals surface area (Å²) in [6.45, 7) is 4.45. The second-order valence-corrected chi connectivity index (χ2v) is 2.76. The van der Waals surface area contributed by atoms with Crippen LogP contribution < -0.4 is 5.32 Å². The quantitative estimate of drug-likeness (QED) is 0.436. The zero-order chi connectivity index (χ0) is 8.36. The van der Waals surface area contributed by atoms with Crippen molar-refractivity contribution in [2.75, 3.05) is 13.1 Å². The van der Waals surface area contributed by atoms with E-state index in [9.17, 15) is 0 Å². The average Bonchev–Trinajstić information content (AvgIpc) is 2.03. The monoisotopic (exact) mass is 153 g/mol. The molecule has 0 aliphatic carbocycles. The third-order valence-corrected chi connectivity index (χ3v) is 1.63. The Balaban J connectivity index is 2.75. The van der Waals surface area contributed by atoms with Crippen LogP contribution in [0.3, 0.4) is 0 Å². The number of unbranched alkanes of at least 4 members (excludes halogenated alkanes) is 3. The van der Waals surface area contributed by atoms with E-state index in [4.69, 9.17) is 6.42 Å². The molecule has 0 unspecified atom stereocenters. The van der Waals surface area contributed by atoms with Crippen LogP contribution in [-0.2, 0) is 0 Å². The molecule has 1 N–H and O–H groups in total. The van der Waals surface area contributed by atoms with Crippen LogP contribution >= 0.6 is 0 Å². The number of hydrogen-bond acceptors (Lipinski definition) is 1. The van der Waals surface area contributed by atoms with Crippen molar-refractivity contribution in [3.8, 4) is 12.3 Å². The van der Waals surface area contributed by atoms with Crippen molar-refractivity contribution in [1.29, 1.82) is 0 Å². The van der Waals surface area contributed by atoms with Crippen molar-refractivity contribution in [3.05, 3.63) is 0 Å². The molecule has 0 atom stereocenters. The van der Waals surface area contributed by atoms with E-state index in [0.717, 1.165) is 25.9 Å². The Labute approximate surface area is 70.6 Å². The molecule has 0 aromatic carbocycles. The van der Waals surface area contributed by atoms with Gasteiger partial charge in [0.2, 0.25) is 0 Å². The second-order valence-electron chi connectivity index (χ2n) is 2.76. The van der Waals surface area contributed by atoms with E-state index in [2.05, 4.69) is 18.2 Å². The van der Waals surface area contributed by atoms with Gasteiger partial charge in [-0.2, -0.15) is 0 Å². The van der Waals surface area contributed by atoms with Crippen molar-refractivity contribution < 1.29 is 0 Å². The summed E-state index contributed by atoms with van der Waals surface area (Å²) in [4.78, 5) is 0. The molecule has 0 fully saturated rings. The fourth-order valence-electron chi connectivity index (χ4n) is 0.940. The topological polar surface area (TPSA) is 12.0 Å². The highest BCUT2D eigenvalue weighted by Gasteiger charge is 1.86. The van der Waals surface area contributed by atoms with Crippen molar-refractivity contribution in [3.63, 3.8) is 0 Å². The fraction of sp³-hybridized carbons (Fsp3) is 0.800. The molecule has 0 rings (SSSR count). The minimum atomic E-state index is 0.904. The van der Waals surface area contributed by atoms with E-state index in [-0.39, 0.29) is 0 Å². The predicted molar refractivity (Wildman–Crippen MR) is 50.5 cm³/mol. The lowest BCUT2D eigenvalue weighted by molar-refractivity contribution is 0.604. The first-order valence-corrected chi connectivity index (χ1v) is 4.56. The molecule has 1 heteroatoms. The highest BCUT2D eigenvalue weighted by atomic mass is 14.8. The summed E-state index contributed by atoms with van der Waals surface area (Å²) >= 11 is 0. The minimum absolute atomic E-state index is 0.904. The smallest absolute Gasteiger partial charge is 0.00981 e. The molecule has 0 saturated heterocycles. The molecule has 0 bridgehead atoms. The molecule has 0 amide bonds. The normalized spacial score (nSPS) is 9.45. The van der Waals surface area contributed by atoms with Gasteiger partial charge in [-0.1, -0.05) is 19.8 Å². The lowest BCUT2D eigenvalue weighted by atomic mass is 10.2. The summed E-state index contributed by atoms with van der Waals surface area (Å²) in [7, 11) is 0. The minimum Gasteiger partial charge on any atom is -0.317 e. The van der Waals surface area contributed by atoms with E-state index in [1.54, 1.807) is 0 Å². The first-order valence-electron chi connectivity index (χ1n) is 4.56. The average molecular weight is 153 g/mol. The number of rotatable bonds is 7. The third-order valence-electron chi connectivity index (χ3n) is 1.63. The van der Waals surface area contributed by atoms with Gasteiger partial charge in [0.15, 0.2) is 0 Å². The molecule has 0 aromatic heterocycles. The molecular formula is C10H19N. The maximum Gasteiger partial charge on any atom is 0.00981 e. The zero-order valence-corrected chi connectivity index (χ0v) is 7.53. The first-order chi connectivity index (χ1) is 5.41. The molecule has 0 radical (unpaired) electrons. The van der Waals surface area contributed by atoms with Crippen molar-refractivity contribution in [1.82, 2.24) is 5.32 Å². The molecular weight excluding hydrogens is 134 g/mol. The molecule has 0 aliphatic heterocycles. The summed E-state index contributed by atoms with van der Waals surface area (Å²) in [6, 6.07) is 0. The second kappa shape index (κ2) is 9.52. The highest BCUT2D eigenvalue weighted by molar-refractivity contribution is 4.83. The van der Waals surface area contributed by atoms with Gasteiger partial charge >= 0.3 is 0 Å². The number of hydrogen-bond donors (Lipinski definition) is 1. The van der Waals surface area contributed by atoms with Crippen LogP contribution in [0, 0.1) is 12.3 Å². The maximum atomic E-state index is 5.11. The molecule has 1 nitrogen and oxygen atoms in total. The van der Waals surface area contributed by atoms with Crippen molar-refractivity contribution in [2.24, 2.45) is 0 Å². The predicted octanol–water partition coefficient (Wildman–Crippen LogP) is 2.18. The first kappa shape index (κ1) is 10.5. The summed E-state index contributed by atoms with van der Waals surface area (Å²) in [5.41, 5.74) is 0. The van der Waals surface area contributed by atoms with Gasteiger partial charge in [-0.05, 0) is 25.9 Å². The van der Waals surface area contributed by atoms with Gasteiger partial charge in [-0.3, -0.25) is 0 Å². The Kier molecular flexibility index (Phi) is 9.10. The summed E-state index contributed by atoms with van der Waals surface area (Å²) in [5, 5.41) is 3.36. The van der Waals surface area contributed by atoms with E-state index >= 15 is 0 Å². The van der Waals surface area contributed by atoms with Crippen molar-refractivity contribution >= 4 is 0 Å². The van der Waals surface area contributed by atoms with Gasteiger partial charge in [0.1, 0.15) is 0 Å². The lowest BCUT2D eigenvalue weighted by Crippen LogP contribution is -2.16.